The summed E-state index contributed by atoms with van der Waals surface area (Å²) in [7, 11) is 0. The number of benzene rings is 2. The Morgan fingerprint density at radius 1 is 0.906 bits per heavy atom. The molecule has 2 aromatic carbocycles. The number of nitrogens with zero attached hydrogens (tertiary/aromatic N) is 6. The zero-order chi connectivity index (χ0) is 22.2. The molecule has 1 aliphatic rings. The van der Waals surface area contributed by atoms with Crippen molar-refractivity contribution in [3.05, 3.63) is 77.5 Å². The van der Waals surface area contributed by atoms with Crippen molar-refractivity contribution in [1.82, 2.24) is 24.6 Å². The van der Waals surface area contributed by atoms with Crippen LogP contribution in [0.25, 0.3) is 16.7 Å². The Bertz CT molecular complexity index is 1270. The monoisotopic (exact) mass is 430 g/mol. The van der Waals surface area contributed by atoms with Gasteiger partial charge >= 0.3 is 0 Å². The minimum absolute atomic E-state index is 0.0825. The summed E-state index contributed by atoms with van der Waals surface area (Å²) in [6.07, 6.45) is 1.81. The topological polar surface area (TPSA) is 67.2 Å². The van der Waals surface area contributed by atoms with E-state index < -0.39 is 0 Å². The van der Waals surface area contributed by atoms with Gasteiger partial charge in [0, 0.05) is 31.7 Å². The smallest absolute Gasteiger partial charge is 0.253 e. The average Bonchev–Trinajstić information content (AvgIpc) is 3.23. The molecule has 0 radical (unpaired) electrons. The first-order valence-corrected chi connectivity index (χ1v) is 10.6. The molecule has 2 aromatic heterocycles. The summed E-state index contributed by atoms with van der Waals surface area (Å²) in [5, 5.41) is 5.46. The summed E-state index contributed by atoms with van der Waals surface area (Å²) in [6.45, 7) is 6.35. The van der Waals surface area contributed by atoms with E-state index in [1.165, 1.54) is 29.8 Å². The van der Waals surface area contributed by atoms with Gasteiger partial charge in [-0.1, -0.05) is 17.7 Å². The van der Waals surface area contributed by atoms with E-state index in [2.05, 4.69) is 34.0 Å². The Balaban J connectivity index is 1.39. The van der Waals surface area contributed by atoms with E-state index in [9.17, 15) is 9.18 Å². The maximum absolute atomic E-state index is 13.2. The third kappa shape index (κ3) is 3.68. The minimum atomic E-state index is -0.347. The van der Waals surface area contributed by atoms with E-state index in [-0.39, 0.29) is 11.7 Å². The molecule has 162 valence electrons. The number of halogens is 1. The predicted molar refractivity (Wildman–Crippen MR) is 121 cm³/mol. The van der Waals surface area contributed by atoms with Gasteiger partial charge in [0.05, 0.1) is 17.3 Å². The molecule has 0 N–H and O–H groups in total. The van der Waals surface area contributed by atoms with Crippen LogP contribution < -0.4 is 4.90 Å². The van der Waals surface area contributed by atoms with Crippen molar-refractivity contribution in [2.45, 2.75) is 13.8 Å². The molecular formula is C24H23FN6O. The first-order chi connectivity index (χ1) is 15.5. The van der Waals surface area contributed by atoms with Gasteiger partial charge in [0.15, 0.2) is 5.65 Å². The SMILES string of the molecule is Cc1ccc(-n2ncc3c(N4CCN(C(=O)c5ccc(F)cc5)CC4)nc(C)nc32)cc1. The van der Waals surface area contributed by atoms with E-state index >= 15 is 0 Å². The molecule has 1 amide bonds. The van der Waals surface area contributed by atoms with Gasteiger partial charge < -0.3 is 9.80 Å². The molecule has 5 rings (SSSR count). The Morgan fingerprint density at radius 2 is 1.59 bits per heavy atom. The lowest BCUT2D eigenvalue weighted by Crippen LogP contribution is -2.49. The number of hydrogen-bond donors (Lipinski definition) is 0. The minimum Gasteiger partial charge on any atom is -0.352 e. The zero-order valence-electron chi connectivity index (χ0n) is 18.0. The van der Waals surface area contributed by atoms with E-state index in [0.717, 1.165) is 22.5 Å². The molecule has 0 atom stereocenters. The number of anilines is 1. The molecule has 0 unspecified atom stereocenters. The summed E-state index contributed by atoms with van der Waals surface area (Å²) in [6, 6.07) is 13.8. The standard InChI is InChI=1S/C24H23FN6O/c1-16-3-9-20(10-4-16)31-23-21(15-26-31)22(27-17(2)28-23)29-11-13-30(14-12-29)24(32)18-5-7-19(25)8-6-18/h3-10,15H,11-14H2,1-2H3. The van der Waals surface area contributed by atoms with Crippen molar-refractivity contribution in [1.29, 1.82) is 0 Å². The summed E-state index contributed by atoms with van der Waals surface area (Å²) < 4.78 is 15.0. The molecule has 4 aromatic rings. The highest BCUT2D eigenvalue weighted by molar-refractivity contribution is 5.94. The third-order valence-electron chi connectivity index (χ3n) is 5.76. The quantitative estimate of drug-likeness (QED) is 0.497. The molecule has 1 saturated heterocycles. The summed E-state index contributed by atoms with van der Waals surface area (Å²) in [5.41, 5.74) is 3.40. The molecule has 0 aliphatic carbocycles. The number of hydrogen-bond acceptors (Lipinski definition) is 5. The van der Waals surface area contributed by atoms with Crippen LogP contribution in [0.4, 0.5) is 10.2 Å². The number of fused-ring (bicyclic) bond motifs is 1. The first-order valence-electron chi connectivity index (χ1n) is 10.6. The van der Waals surface area contributed by atoms with Crippen LogP contribution in [0.15, 0.2) is 54.7 Å². The Labute approximate surface area is 185 Å². The summed E-state index contributed by atoms with van der Waals surface area (Å²) in [4.78, 5) is 26.1. The van der Waals surface area contributed by atoms with Gasteiger partial charge in [-0.15, -0.1) is 0 Å². The number of amides is 1. The fraction of sp³-hybridized carbons (Fsp3) is 0.250. The highest BCUT2D eigenvalue weighted by Gasteiger charge is 2.25. The van der Waals surface area contributed by atoms with Crippen molar-refractivity contribution in [3.63, 3.8) is 0 Å². The molecule has 7 nitrogen and oxygen atoms in total. The molecule has 0 bridgehead atoms. The van der Waals surface area contributed by atoms with Gasteiger partial charge in [0.2, 0.25) is 0 Å². The molecule has 3 heterocycles. The van der Waals surface area contributed by atoms with Gasteiger partial charge in [-0.2, -0.15) is 5.10 Å². The number of carbonyl (C=O) groups is 1. The fourth-order valence-electron chi connectivity index (χ4n) is 4.01. The second kappa shape index (κ2) is 8.03. The van der Waals surface area contributed by atoms with E-state index in [0.29, 0.717) is 37.6 Å². The highest BCUT2D eigenvalue weighted by Crippen LogP contribution is 2.27. The van der Waals surface area contributed by atoms with E-state index in [4.69, 9.17) is 4.98 Å². The maximum atomic E-state index is 13.2. The van der Waals surface area contributed by atoms with Crippen LogP contribution in [0.2, 0.25) is 0 Å². The van der Waals surface area contributed by atoms with Crippen LogP contribution in [-0.2, 0) is 0 Å². The highest BCUT2D eigenvalue weighted by atomic mass is 19.1. The van der Waals surface area contributed by atoms with Crippen LogP contribution in [0.5, 0.6) is 0 Å². The largest absolute Gasteiger partial charge is 0.352 e. The van der Waals surface area contributed by atoms with E-state index in [1.54, 1.807) is 11.1 Å². The third-order valence-corrected chi connectivity index (χ3v) is 5.76. The van der Waals surface area contributed by atoms with Crippen LogP contribution in [0.1, 0.15) is 21.7 Å². The predicted octanol–water partition coefficient (Wildman–Crippen LogP) is 3.53. The maximum Gasteiger partial charge on any atom is 0.253 e. The second-order valence-corrected chi connectivity index (χ2v) is 8.01. The van der Waals surface area contributed by atoms with Gasteiger partial charge in [-0.3, -0.25) is 4.79 Å². The lowest BCUT2D eigenvalue weighted by molar-refractivity contribution is 0.0746. The first kappa shape index (κ1) is 20.1. The van der Waals surface area contributed by atoms with Crippen LogP contribution in [-0.4, -0.2) is 56.7 Å². The second-order valence-electron chi connectivity index (χ2n) is 8.01. The molecule has 0 spiro atoms. The molecule has 1 aliphatic heterocycles. The summed E-state index contributed by atoms with van der Waals surface area (Å²) in [5.74, 6) is 1.08. The molecule has 0 saturated carbocycles. The number of rotatable bonds is 3. The normalized spacial score (nSPS) is 14.2. The number of carbonyl (C=O) groups excluding carboxylic acids is 1. The van der Waals surface area contributed by atoms with Gasteiger partial charge in [0.25, 0.3) is 5.91 Å². The molecule has 1 fully saturated rings. The van der Waals surface area contributed by atoms with Crippen molar-refractivity contribution < 1.29 is 9.18 Å². The number of piperazine rings is 1. The lowest BCUT2D eigenvalue weighted by atomic mass is 10.1. The molecule has 32 heavy (non-hydrogen) atoms. The Kier molecular flexibility index (Phi) is 5.05. The zero-order valence-corrected chi connectivity index (χ0v) is 18.0. The van der Waals surface area contributed by atoms with Crippen LogP contribution >= 0.6 is 0 Å². The van der Waals surface area contributed by atoms with Crippen molar-refractivity contribution in [2.75, 3.05) is 31.1 Å². The van der Waals surface area contributed by atoms with Gasteiger partial charge in [-0.25, -0.2) is 19.0 Å². The average molecular weight is 430 g/mol. The summed E-state index contributed by atoms with van der Waals surface area (Å²) >= 11 is 0. The fourth-order valence-corrected chi connectivity index (χ4v) is 4.01. The van der Waals surface area contributed by atoms with Gasteiger partial charge in [-0.05, 0) is 50.2 Å². The Hall–Kier alpha value is -3.81. The molecular weight excluding hydrogens is 407 g/mol. The van der Waals surface area contributed by atoms with Crippen molar-refractivity contribution in [3.8, 4) is 5.69 Å². The Morgan fingerprint density at radius 3 is 2.28 bits per heavy atom. The number of aromatic nitrogens is 4. The van der Waals surface area contributed by atoms with Crippen molar-refractivity contribution in [2.24, 2.45) is 0 Å². The van der Waals surface area contributed by atoms with Crippen LogP contribution in [0, 0.1) is 19.7 Å². The van der Waals surface area contributed by atoms with Gasteiger partial charge in [0.1, 0.15) is 17.5 Å². The van der Waals surface area contributed by atoms with E-state index in [1.807, 2.05) is 23.7 Å². The van der Waals surface area contributed by atoms with Crippen LogP contribution in [0.3, 0.4) is 0 Å². The molecule has 8 heteroatoms. The van der Waals surface area contributed by atoms with Crippen molar-refractivity contribution >= 4 is 22.8 Å². The number of aryl methyl sites for hydroxylation is 2. The lowest BCUT2D eigenvalue weighted by Gasteiger charge is -2.35.